The summed E-state index contributed by atoms with van der Waals surface area (Å²) in [6, 6.07) is 8.61. The third-order valence-corrected chi connectivity index (χ3v) is 5.18. The zero-order chi connectivity index (χ0) is 16.9. The quantitative estimate of drug-likeness (QED) is 0.661. The molecule has 0 bridgehead atoms. The monoisotopic (exact) mass is 328 g/mol. The maximum atomic E-state index is 12.5. The Hall–Kier alpha value is -2.04. The number of nitrogens with one attached hydrogen (secondary N) is 2. The zero-order valence-electron chi connectivity index (χ0n) is 14.7. The molecule has 5 nitrogen and oxygen atoms in total. The van der Waals surface area contributed by atoms with E-state index in [4.69, 9.17) is 0 Å². The Morgan fingerprint density at radius 1 is 1.25 bits per heavy atom. The van der Waals surface area contributed by atoms with Crippen LogP contribution in [0.3, 0.4) is 0 Å². The van der Waals surface area contributed by atoms with Crippen molar-refractivity contribution in [2.75, 3.05) is 25.0 Å². The van der Waals surface area contributed by atoms with Gasteiger partial charge in [-0.25, -0.2) is 0 Å². The second-order valence-electron chi connectivity index (χ2n) is 6.95. The first-order chi connectivity index (χ1) is 11.7. The fourth-order valence-electron chi connectivity index (χ4n) is 3.64. The van der Waals surface area contributed by atoms with Crippen molar-refractivity contribution in [3.05, 3.63) is 29.8 Å². The van der Waals surface area contributed by atoms with E-state index in [1.165, 1.54) is 31.2 Å². The summed E-state index contributed by atoms with van der Waals surface area (Å²) in [7, 11) is 1.76. The fraction of sp³-hybridized carbons (Fsp3) is 0.579. The number of amides is 1. The molecule has 0 saturated heterocycles. The summed E-state index contributed by atoms with van der Waals surface area (Å²) >= 11 is 0. The number of rotatable bonds is 3. The lowest BCUT2D eigenvalue weighted by Crippen LogP contribution is -2.48. The van der Waals surface area contributed by atoms with Crippen molar-refractivity contribution < 1.29 is 4.79 Å². The van der Waals surface area contributed by atoms with Crippen LogP contribution in [0.25, 0.3) is 0 Å². The Bertz CT molecular complexity index is 605. The number of guanidine groups is 1. The van der Waals surface area contributed by atoms with E-state index < -0.39 is 0 Å². The van der Waals surface area contributed by atoms with Gasteiger partial charge in [0.25, 0.3) is 0 Å². The summed E-state index contributed by atoms with van der Waals surface area (Å²) in [6.45, 7) is 3.36. The Morgan fingerprint density at radius 2 is 2.00 bits per heavy atom. The highest BCUT2D eigenvalue weighted by Gasteiger charge is 2.24. The molecule has 1 saturated carbocycles. The molecular formula is C19H28N4O. The van der Waals surface area contributed by atoms with Crippen LogP contribution < -0.4 is 15.5 Å². The number of hydrogen-bond acceptors (Lipinski definition) is 2. The first-order valence-corrected chi connectivity index (χ1v) is 9.03. The summed E-state index contributed by atoms with van der Waals surface area (Å²) in [5.74, 6) is 1.66. The SMILES string of the molecule is CN=C(NCC(=O)N1CCc2ccccc21)NC1CCC(C)CC1. The first kappa shape index (κ1) is 16.8. The number of fused-ring (bicyclic) bond motifs is 1. The van der Waals surface area contributed by atoms with Crippen LogP contribution in [0.2, 0.25) is 0 Å². The van der Waals surface area contributed by atoms with E-state index in [0.717, 1.165) is 30.5 Å². The number of nitrogens with zero attached hydrogens (tertiary/aromatic N) is 2. The molecule has 0 aromatic heterocycles. The fourth-order valence-corrected chi connectivity index (χ4v) is 3.64. The summed E-state index contributed by atoms with van der Waals surface area (Å²) in [5, 5.41) is 6.64. The third kappa shape index (κ3) is 3.89. The van der Waals surface area contributed by atoms with E-state index in [-0.39, 0.29) is 12.5 Å². The molecule has 1 amide bonds. The van der Waals surface area contributed by atoms with Crippen LogP contribution in [0.15, 0.2) is 29.3 Å². The molecule has 1 aliphatic heterocycles. The number of hydrogen-bond donors (Lipinski definition) is 2. The highest BCUT2D eigenvalue weighted by Crippen LogP contribution is 2.27. The van der Waals surface area contributed by atoms with Crippen LogP contribution in [0.4, 0.5) is 5.69 Å². The van der Waals surface area contributed by atoms with Crippen LogP contribution in [-0.4, -0.2) is 38.0 Å². The number of para-hydroxylation sites is 1. The van der Waals surface area contributed by atoms with Crippen molar-refractivity contribution >= 4 is 17.6 Å². The smallest absolute Gasteiger partial charge is 0.246 e. The minimum atomic E-state index is 0.0974. The van der Waals surface area contributed by atoms with Gasteiger partial charge in [-0.1, -0.05) is 25.1 Å². The summed E-state index contributed by atoms with van der Waals surface area (Å²) in [5.41, 5.74) is 2.30. The Kier molecular flexibility index (Phi) is 5.38. The molecule has 2 aliphatic rings. The van der Waals surface area contributed by atoms with Gasteiger partial charge in [-0.05, 0) is 49.7 Å². The highest BCUT2D eigenvalue weighted by atomic mass is 16.2. The predicted octanol–water partition coefficient (Wildman–Crippen LogP) is 2.32. The van der Waals surface area contributed by atoms with Gasteiger partial charge in [0.2, 0.25) is 5.91 Å². The standard InChI is InChI=1S/C19H28N4O/c1-14-7-9-16(10-8-14)22-19(20-2)21-13-18(24)23-12-11-15-5-3-4-6-17(15)23/h3-6,14,16H,7-13H2,1-2H3,(H2,20,21,22). The largest absolute Gasteiger partial charge is 0.354 e. The summed E-state index contributed by atoms with van der Waals surface area (Å²) < 4.78 is 0. The minimum Gasteiger partial charge on any atom is -0.354 e. The Balaban J connectivity index is 1.50. The molecular weight excluding hydrogens is 300 g/mol. The van der Waals surface area contributed by atoms with Crippen LogP contribution in [-0.2, 0) is 11.2 Å². The lowest BCUT2D eigenvalue weighted by molar-refractivity contribution is -0.117. The van der Waals surface area contributed by atoms with E-state index in [0.29, 0.717) is 6.04 Å². The van der Waals surface area contributed by atoms with Crippen LogP contribution in [0.1, 0.15) is 38.2 Å². The van der Waals surface area contributed by atoms with E-state index in [9.17, 15) is 4.79 Å². The lowest BCUT2D eigenvalue weighted by atomic mass is 9.87. The topological polar surface area (TPSA) is 56.7 Å². The minimum absolute atomic E-state index is 0.0974. The van der Waals surface area contributed by atoms with Gasteiger partial charge >= 0.3 is 0 Å². The molecule has 1 aromatic rings. The second-order valence-corrected chi connectivity index (χ2v) is 6.95. The average Bonchev–Trinajstić information content (AvgIpc) is 3.04. The van der Waals surface area contributed by atoms with Gasteiger partial charge < -0.3 is 15.5 Å². The summed E-state index contributed by atoms with van der Waals surface area (Å²) in [4.78, 5) is 18.7. The van der Waals surface area contributed by atoms with Gasteiger partial charge in [-0.15, -0.1) is 0 Å². The van der Waals surface area contributed by atoms with Crippen molar-refractivity contribution in [1.29, 1.82) is 0 Å². The van der Waals surface area contributed by atoms with Crippen molar-refractivity contribution in [2.24, 2.45) is 10.9 Å². The lowest BCUT2D eigenvalue weighted by Gasteiger charge is -2.28. The molecule has 130 valence electrons. The van der Waals surface area contributed by atoms with Crippen molar-refractivity contribution in [3.63, 3.8) is 0 Å². The van der Waals surface area contributed by atoms with Crippen molar-refractivity contribution in [3.8, 4) is 0 Å². The molecule has 1 heterocycles. The highest BCUT2D eigenvalue weighted by molar-refractivity contribution is 5.98. The molecule has 0 spiro atoms. The van der Waals surface area contributed by atoms with E-state index >= 15 is 0 Å². The molecule has 1 fully saturated rings. The van der Waals surface area contributed by atoms with E-state index in [2.05, 4.69) is 28.6 Å². The number of carbonyl (C=O) groups is 1. The van der Waals surface area contributed by atoms with Gasteiger partial charge in [-0.3, -0.25) is 9.79 Å². The molecule has 0 radical (unpaired) electrons. The normalized spacial score (nSPS) is 23.8. The van der Waals surface area contributed by atoms with Gasteiger partial charge in [0.15, 0.2) is 5.96 Å². The van der Waals surface area contributed by atoms with Gasteiger partial charge in [0.1, 0.15) is 0 Å². The Morgan fingerprint density at radius 3 is 2.75 bits per heavy atom. The van der Waals surface area contributed by atoms with Crippen molar-refractivity contribution in [2.45, 2.75) is 45.1 Å². The van der Waals surface area contributed by atoms with Gasteiger partial charge in [0.05, 0.1) is 6.54 Å². The number of aliphatic imine (C=N–C) groups is 1. The van der Waals surface area contributed by atoms with E-state index in [1.807, 2.05) is 23.1 Å². The third-order valence-electron chi connectivity index (χ3n) is 5.18. The average molecular weight is 328 g/mol. The molecule has 1 aliphatic carbocycles. The molecule has 24 heavy (non-hydrogen) atoms. The molecule has 2 N–H and O–H groups in total. The van der Waals surface area contributed by atoms with E-state index in [1.54, 1.807) is 7.05 Å². The predicted molar refractivity (Wildman–Crippen MR) is 98.4 cm³/mol. The van der Waals surface area contributed by atoms with Crippen LogP contribution in [0.5, 0.6) is 0 Å². The summed E-state index contributed by atoms with van der Waals surface area (Å²) in [6.07, 6.45) is 5.82. The molecule has 3 rings (SSSR count). The van der Waals surface area contributed by atoms with Crippen LogP contribution >= 0.6 is 0 Å². The first-order valence-electron chi connectivity index (χ1n) is 9.03. The number of carbonyl (C=O) groups excluding carboxylic acids is 1. The van der Waals surface area contributed by atoms with Crippen molar-refractivity contribution in [1.82, 2.24) is 10.6 Å². The zero-order valence-corrected chi connectivity index (χ0v) is 14.7. The maximum Gasteiger partial charge on any atom is 0.246 e. The second kappa shape index (κ2) is 7.69. The number of anilines is 1. The van der Waals surface area contributed by atoms with Gasteiger partial charge in [-0.2, -0.15) is 0 Å². The molecule has 0 atom stereocenters. The molecule has 5 heteroatoms. The molecule has 1 aromatic carbocycles. The Labute approximate surface area is 144 Å². The van der Waals surface area contributed by atoms with Crippen LogP contribution in [0, 0.1) is 5.92 Å². The maximum absolute atomic E-state index is 12.5. The molecule has 0 unspecified atom stereocenters. The van der Waals surface area contributed by atoms with Gasteiger partial charge in [0, 0.05) is 25.3 Å². The number of benzene rings is 1.